The first kappa shape index (κ1) is 16.8. The summed E-state index contributed by atoms with van der Waals surface area (Å²) in [5, 5.41) is 2.98. The van der Waals surface area contributed by atoms with Gasteiger partial charge in [0.15, 0.2) is 0 Å². The maximum atomic E-state index is 12.5. The Kier molecular flexibility index (Phi) is 5.18. The molecule has 1 N–H and O–H groups in total. The van der Waals surface area contributed by atoms with Gasteiger partial charge in [-0.3, -0.25) is 9.59 Å². The van der Waals surface area contributed by atoms with Gasteiger partial charge in [-0.25, -0.2) is 9.97 Å². The van der Waals surface area contributed by atoms with Crippen LogP contribution in [-0.4, -0.2) is 39.8 Å². The first-order chi connectivity index (χ1) is 12.2. The lowest BCUT2D eigenvalue weighted by Crippen LogP contribution is -2.40. The summed E-state index contributed by atoms with van der Waals surface area (Å²) >= 11 is 0. The second kappa shape index (κ2) is 7.70. The van der Waals surface area contributed by atoms with Crippen molar-refractivity contribution in [2.45, 2.75) is 12.8 Å². The molecule has 2 heterocycles. The summed E-state index contributed by atoms with van der Waals surface area (Å²) in [4.78, 5) is 33.9. The van der Waals surface area contributed by atoms with Gasteiger partial charge in [-0.2, -0.15) is 0 Å². The number of likely N-dealkylation sites (tertiary alicyclic amines) is 1. The molecule has 25 heavy (non-hydrogen) atoms. The van der Waals surface area contributed by atoms with E-state index in [0.717, 1.165) is 16.8 Å². The molecule has 3 rings (SSSR count). The van der Waals surface area contributed by atoms with Crippen LogP contribution in [0.5, 0.6) is 0 Å². The molecule has 0 radical (unpaired) electrons. The Balaban J connectivity index is 1.62. The molecule has 2 amide bonds. The van der Waals surface area contributed by atoms with Gasteiger partial charge in [-0.05, 0) is 36.6 Å². The lowest BCUT2D eigenvalue weighted by molar-refractivity contribution is -0.130. The van der Waals surface area contributed by atoms with Crippen molar-refractivity contribution in [2.24, 2.45) is 5.92 Å². The smallest absolute Gasteiger partial charge is 0.245 e. The van der Waals surface area contributed by atoms with Crippen molar-refractivity contribution in [1.29, 1.82) is 0 Å². The molecular formula is C19H20N4O2. The van der Waals surface area contributed by atoms with Crippen LogP contribution in [0.3, 0.4) is 0 Å². The van der Waals surface area contributed by atoms with Gasteiger partial charge in [0.25, 0.3) is 0 Å². The number of nitrogens with zero attached hydrogens (tertiary/aromatic N) is 3. The fourth-order valence-corrected chi connectivity index (χ4v) is 2.96. The molecule has 2 aromatic rings. The van der Waals surface area contributed by atoms with Crippen LogP contribution in [0.15, 0.2) is 55.6 Å². The monoisotopic (exact) mass is 336 g/mol. The largest absolute Gasteiger partial charge is 0.339 e. The van der Waals surface area contributed by atoms with Gasteiger partial charge in [0.1, 0.15) is 6.33 Å². The molecule has 128 valence electrons. The van der Waals surface area contributed by atoms with E-state index in [-0.39, 0.29) is 17.7 Å². The second-order valence-electron chi connectivity index (χ2n) is 6.00. The Labute approximate surface area is 146 Å². The molecule has 0 saturated carbocycles. The average molecular weight is 336 g/mol. The Bertz CT molecular complexity index is 768. The van der Waals surface area contributed by atoms with Crippen LogP contribution in [0.2, 0.25) is 0 Å². The van der Waals surface area contributed by atoms with Gasteiger partial charge in [0.05, 0.1) is 0 Å². The molecular weight excluding hydrogens is 316 g/mol. The number of benzene rings is 1. The number of aromatic nitrogens is 2. The van der Waals surface area contributed by atoms with Gasteiger partial charge >= 0.3 is 0 Å². The third-order valence-electron chi connectivity index (χ3n) is 4.38. The van der Waals surface area contributed by atoms with Crippen molar-refractivity contribution in [3.8, 4) is 11.1 Å². The van der Waals surface area contributed by atoms with E-state index in [4.69, 9.17) is 0 Å². The summed E-state index contributed by atoms with van der Waals surface area (Å²) in [6.45, 7) is 4.67. The highest BCUT2D eigenvalue weighted by Crippen LogP contribution is 2.23. The van der Waals surface area contributed by atoms with Crippen molar-refractivity contribution >= 4 is 17.5 Å². The van der Waals surface area contributed by atoms with Crippen molar-refractivity contribution < 1.29 is 9.59 Å². The van der Waals surface area contributed by atoms with Gasteiger partial charge in [0.2, 0.25) is 11.8 Å². The van der Waals surface area contributed by atoms with Gasteiger partial charge < -0.3 is 10.2 Å². The standard InChI is InChI=1S/C19H20N4O2/c1-2-18(24)23-8-6-14(7-9-23)19(25)22-17-5-3-4-15(10-17)16-11-20-13-21-12-16/h2-5,10-14H,1,6-9H2,(H,22,25). The maximum Gasteiger partial charge on any atom is 0.245 e. The predicted octanol–water partition coefficient (Wildman–Crippen LogP) is 2.51. The molecule has 6 nitrogen and oxygen atoms in total. The van der Waals surface area contributed by atoms with Crippen LogP contribution >= 0.6 is 0 Å². The highest BCUT2D eigenvalue weighted by atomic mass is 16.2. The SMILES string of the molecule is C=CC(=O)N1CCC(C(=O)Nc2cccc(-c3cncnc3)c2)CC1. The van der Waals surface area contributed by atoms with Crippen molar-refractivity contribution in [1.82, 2.24) is 14.9 Å². The highest BCUT2D eigenvalue weighted by molar-refractivity contribution is 5.93. The summed E-state index contributed by atoms with van der Waals surface area (Å²) in [6, 6.07) is 7.62. The zero-order valence-electron chi connectivity index (χ0n) is 13.9. The highest BCUT2D eigenvalue weighted by Gasteiger charge is 2.26. The van der Waals surface area contributed by atoms with E-state index in [9.17, 15) is 9.59 Å². The van der Waals surface area contributed by atoms with E-state index in [2.05, 4.69) is 21.9 Å². The lowest BCUT2D eigenvalue weighted by Gasteiger charge is -2.30. The Hall–Kier alpha value is -3.02. The first-order valence-electron chi connectivity index (χ1n) is 8.25. The quantitative estimate of drug-likeness (QED) is 0.871. The summed E-state index contributed by atoms with van der Waals surface area (Å²) in [5.74, 6) is -0.165. The second-order valence-corrected chi connectivity index (χ2v) is 6.00. The van der Waals surface area contributed by atoms with Crippen molar-refractivity contribution in [3.63, 3.8) is 0 Å². The number of piperidine rings is 1. The average Bonchev–Trinajstić information content (AvgIpc) is 2.68. The maximum absolute atomic E-state index is 12.5. The van der Waals surface area contributed by atoms with E-state index in [1.165, 1.54) is 12.4 Å². The fourth-order valence-electron chi connectivity index (χ4n) is 2.96. The van der Waals surface area contributed by atoms with Crippen LogP contribution in [0.25, 0.3) is 11.1 Å². The number of carbonyl (C=O) groups excluding carboxylic acids is 2. The molecule has 0 unspecified atom stereocenters. The molecule has 1 aromatic carbocycles. The van der Waals surface area contributed by atoms with Gasteiger partial charge in [-0.15, -0.1) is 0 Å². The number of carbonyl (C=O) groups is 2. The third-order valence-corrected chi connectivity index (χ3v) is 4.38. The molecule has 1 saturated heterocycles. The van der Waals surface area contributed by atoms with Crippen LogP contribution < -0.4 is 5.32 Å². The van der Waals surface area contributed by atoms with Crippen LogP contribution in [-0.2, 0) is 9.59 Å². The zero-order chi connectivity index (χ0) is 17.6. The van der Waals surface area contributed by atoms with Crippen LogP contribution in [0, 0.1) is 5.92 Å². The third kappa shape index (κ3) is 4.09. The zero-order valence-corrected chi connectivity index (χ0v) is 13.9. The Morgan fingerprint density at radius 3 is 2.56 bits per heavy atom. The first-order valence-corrected chi connectivity index (χ1v) is 8.25. The van der Waals surface area contributed by atoms with Crippen molar-refractivity contribution in [3.05, 3.63) is 55.6 Å². The molecule has 0 spiro atoms. The summed E-state index contributed by atoms with van der Waals surface area (Å²) in [7, 11) is 0. The molecule has 0 atom stereocenters. The molecule has 0 aliphatic carbocycles. The van der Waals surface area contributed by atoms with E-state index in [1.807, 2.05) is 24.3 Å². The summed E-state index contributed by atoms with van der Waals surface area (Å²) in [5.41, 5.74) is 2.59. The molecule has 1 aliphatic heterocycles. The number of anilines is 1. The van der Waals surface area contributed by atoms with E-state index < -0.39 is 0 Å². The minimum atomic E-state index is -0.0856. The number of nitrogens with one attached hydrogen (secondary N) is 1. The van der Waals surface area contributed by atoms with Gasteiger partial charge in [0, 0.05) is 42.7 Å². The summed E-state index contributed by atoms with van der Waals surface area (Å²) in [6.07, 6.45) is 7.60. The minimum absolute atomic E-state index is 0.00726. The van der Waals surface area contributed by atoms with Crippen LogP contribution in [0.1, 0.15) is 12.8 Å². The fraction of sp³-hybridized carbons (Fsp3) is 0.263. The number of rotatable bonds is 4. The number of amides is 2. The Morgan fingerprint density at radius 2 is 1.88 bits per heavy atom. The summed E-state index contributed by atoms with van der Waals surface area (Å²) < 4.78 is 0. The van der Waals surface area contributed by atoms with E-state index >= 15 is 0 Å². The molecule has 1 aromatic heterocycles. The molecule has 1 fully saturated rings. The normalized spacial score (nSPS) is 14.8. The number of hydrogen-bond acceptors (Lipinski definition) is 4. The predicted molar refractivity (Wildman–Crippen MR) is 95.6 cm³/mol. The number of hydrogen-bond donors (Lipinski definition) is 1. The van der Waals surface area contributed by atoms with E-state index in [1.54, 1.807) is 17.3 Å². The molecule has 0 bridgehead atoms. The Morgan fingerprint density at radius 1 is 1.16 bits per heavy atom. The molecule has 1 aliphatic rings. The topological polar surface area (TPSA) is 75.2 Å². The lowest BCUT2D eigenvalue weighted by atomic mass is 9.95. The van der Waals surface area contributed by atoms with Gasteiger partial charge in [-0.1, -0.05) is 18.7 Å². The van der Waals surface area contributed by atoms with Crippen molar-refractivity contribution in [2.75, 3.05) is 18.4 Å². The van der Waals surface area contributed by atoms with Crippen LogP contribution in [0.4, 0.5) is 5.69 Å². The minimum Gasteiger partial charge on any atom is -0.339 e. The molecule has 6 heteroatoms. The van der Waals surface area contributed by atoms with E-state index in [0.29, 0.717) is 25.9 Å².